The molecule has 0 spiro atoms. The summed E-state index contributed by atoms with van der Waals surface area (Å²) in [6.07, 6.45) is 5.95. The Morgan fingerprint density at radius 1 is 1.25 bits per heavy atom. The van der Waals surface area contributed by atoms with Gasteiger partial charge in [0.15, 0.2) is 0 Å². The van der Waals surface area contributed by atoms with Crippen molar-refractivity contribution in [3.8, 4) is 6.07 Å². The molecule has 2 aromatic rings. The van der Waals surface area contributed by atoms with Crippen LogP contribution < -0.4 is 16.1 Å². The lowest BCUT2D eigenvalue weighted by Gasteiger charge is -2.28. The molecular formula is C20H24BN5O2. The maximum Gasteiger partial charge on any atom is 0.492 e. The summed E-state index contributed by atoms with van der Waals surface area (Å²) in [5.41, 5.74) is 4.59. The number of anilines is 3. The van der Waals surface area contributed by atoms with E-state index < -0.39 is 7.12 Å². The van der Waals surface area contributed by atoms with E-state index in [1.807, 2.05) is 26.0 Å². The minimum absolute atomic E-state index is 0.0188. The standard InChI is InChI=1S/C20H24BN5O2/c1-12-7-16(8-15-11-28-21(27)18(12)15)24-20-23-10-13(2)19(26-20)25-17-6-4-3-5-14(17)9-22/h7-8,10,14,17,27H,3-6,11H2,1-2H3,(H2,23,24,25,26)/t14?,17-/m0/s1. The summed E-state index contributed by atoms with van der Waals surface area (Å²) in [4.78, 5) is 9.04. The summed E-state index contributed by atoms with van der Waals surface area (Å²) in [5.74, 6) is 1.28. The molecule has 2 heterocycles. The first-order valence-corrected chi connectivity index (χ1v) is 9.75. The molecule has 4 rings (SSSR count). The average molecular weight is 377 g/mol. The number of aryl methyl sites for hydroxylation is 2. The summed E-state index contributed by atoms with van der Waals surface area (Å²) in [5, 5.41) is 26.0. The predicted octanol–water partition coefficient (Wildman–Crippen LogP) is 2.55. The fraction of sp³-hybridized carbons (Fsp3) is 0.450. The number of fused-ring (bicyclic) bond motifs is 1. The lowest BCUT2D eigenvalue weighted by molar-refractivity contribution is 0.275. The largest absolute Gasteiger partial charge is 0.492 e. The van der Waals surface area contributed by atoms with Crippen LogP contribution in [0, 0.1) is 31.1 Å². The maximum absolute atomic E-state index is 9.91. The van der Waals surface area contributed by atoms with Gasteiger partial charge in [0.05, 0.1) is 18.6 Å². The minimum Gasteiger partial charge on any atom is -0.423 e. The number of aromatic nitrogens is 2. The Morgan fingerprint density at radius 3 is 2.89 bits per heavy atom. The third-order valence-electron chi connectivity index (χ3n) is 5.60. The molecule has 1 fully saturated rings. The Hall–Kier alpha value is -2.63. The first-order chi connectivity index (χ1) is 13.5. The zero-order chi connectivity index (χ0) is 19.7. The molecule has 1 aliphatic heterocycles. The van der Waals surface area contributed by atoms with Crippen molar-refractivity contribution in [3.63, 3.8) is 0 Å². The molecule has 2 aliphatic rings. The summed E-state index contributed by atoms with van der Waals surface area (Å²) >= 11 is 0. The smallest absolute Gasteiger partial charge is 0.423 e. The van der Waals surface area contributed by atoms with Crippen LogP contribution in [0.1, 0.15) is 42.4 Å². The number of benzene rings is 1. The normalized spacial score (nSPS) is 21.1. The van der Waals surface area contributed by atoms with Gasteiger partial charge in [-0.1, -0.05) is 12.8 Å². The number of hydrogen-bond donors (Lipinski definition) is 3. The Morgan fingerprint density at radius 2 is 2.07 bits per heavy atom. The van der Waals surface area contributed by atoms with E-state index in [9.17, 15) is 10.3 Å². The van der Waals surface area contributed by atoms with E-state index in [0.717, 1.165) is 59.3 Å². The van der Waals surface area contributed by atoms with Crippen LogP contribution in [-0.2, 0) is 11.3 Å². The van der Waals surface area contributed by atoms with E-state index in [2.05, 4.69) is 26.7 Å². The number of nitrogens with one attached hydrogen (secondary N) is 2. The molecule has 1 aromatic heterocycles. The number of hydrogen-bond acceptors (Lipinski definition) is 7. The molecule has 1 unspecified atom stereocenters. The van der Waals surface area contributed by atoms with E-state index in [0.29, 0.717) is 12.6 Å². The van der Waals surface area contributed by atoms with Crippen molar-refractivity contribution in [2.45, 2.75) is 52.2 Å². The van der Waals surface area contributed by atoms with Crippen molar-refractivity contribution in [2.75, 3.05) is 10.6 Å². The highest BCUT2D eigenvalue weighted by molar-refractivity contribution is 6.62. The highest BCUT2D eigenvalue weighted by Crippen LogP contribution is 2.28. The number of rotatable bonds is 4. The zero-order valence-electron chi connectivity index (χ0n) is 16.2. The monoisotopic (exact) mass is 377 g/mol. The van der Waals surface area contributed by atoms with Crippen LogP contribution in [0.25, 0.3) is 0 Å². The quantitative estimate of drug-likeness (QED) is 0.704. The topological polar surface area (TPSA) is 103 Å². The molecule has 1 saturated carbocycles. The van der Waals surface area contributed by atoms with Crippen molar-refractivity contribution >= 4 is 30.0 Å². The lowest BCUT2D eigenvalue weighted by atomic mass is 9.76. The van der Waals surface area contributed by atoms with Gasteiger partial charge >= 0.3 is 7.12 Å². The highest BCUT2D eigenvalue weighted by atomic mass is 16.5. The van der Waals surface area contributed by atoms with Crippen molar-refractivity contribution in [3.05, 3.63) is 35.0 Å². The summed E-state index contributed by atoms with van der Waals surface area (Å²) in [6, 6.07) is 6.47. The highest BCUT2D eigenvalue weighted by Gasteiger charge is 2.29. The third-order valence-corrected chi connectivity index (χ3v) is 5.60. The maximum atomic E-state index is 9.91. The van der Waals surface area contributed by atoms with Gasteiger partial charge in [0.2, 0.25) is 5.95 Å². The molecule has 0 bridgehead atoms. The Balaban J connectivity index is 1.55. The third kappa shape index (κ3) is 3.68. The number of nitriles is 1. The van der Waals surface area contributed by atoms with Crippen molar-refractivity contribution in [1.82, 2.24) is 9.97 Å². The molecule has 3 N–H and O–H groups in total. The van der Waals surface area contributed by atoms with Gasteiger partial charge in [0.1, 0.15) is 5.82 Å². The van der Waals surface area contributed by atoms with E-state index in [1.165, 1.54) is 0 Å². The van der Waals surface area contributed by atoms with Gasteiger partial charge in [0.25, 0.3) is 0 Å². The second kappa shape index (κ2) is 7.78. The summed E-state index contributed by atoms with van der Waals surface area (Å²) in [7, 11) is -0.848. The van der Waals surface area contributed by atoms with Gasteiger partial charge in [-0.3, -0.25) is 0 Å². The number of nitrogens with zero attached hydrogens (tertiary/aromatic N) is 3. The molecule has 0 amide bonds. The van der Waals surface area contributed by atoms with Crippen LogP contribution in [0.5, 0.6) is 0 Å². The zero-order valence-corrected chi connectivity index (χ0v) is 16.2. The van der Waals surface area contributed by atoms with Crippen molar-refractivity contribution < 1.29 is 9.68 Å². The SMILES string of the molecule is Cc1cnc(Nc2cc(C)c3c(c2)COB3O)nc1N[C@H]1CCCCC1C#N. The average Bonchev–Trinajstić information content (AvgIpc) is 3.06. The van der Waals surface area contributed by atoms with E-state index in [1.54, 1.807) is 6.20 Å². The van der Waals surface area contributed by atoms with Gasteiger partial charge in [-0.2, -0.15) is 10.2 Å². The second-order valence-electron chi connectivity index (χ2n) is 7.65. The summed E-state index contributed by atoms with van der Waals surface area (Å²) in [6.45, 7) is 4.32. The van der Waals surface area contributed by atoms with Crippen LogP contribution in [0.4, 0.5) is 17.5 Å². The van der Waals surface area contributed by atoms with E-state index in [-0.39, 0.29) is 12.0 Å². The first-order valence-electron chi connectivity index (χ1n) is 9.75. The molecule has 8 heteroatoms. The molecule has 0 radical (unpaired) electrons. The summed E-state index contributed by atoms with van der Waals surface area (Å²) < 4.78 is 5.31. The van der Waals surface area contributed by atoms with Crippen molar-refractivity contribution in [2.24, 2.45) is 5.92 Å². The van der Waals surface area contributed by atoms with Gasteiger partial charge in [-0.25, -0.2) is 4.98 Å². The minimum atomic E-state index is -0.848. The van der Waals surface area contributed by atoms with Crippen molar-refractivity contribution in [1.29, 1.82) is 5.26 Å². The fourth-order valence-electron chi connectivity index (χ4n) is 4.08. The first kappa shape index (κ1) is 18.7. The molecule has 144 valence electrons. The van der Waals surface area contributed by atoms with Crippen LogP contribution in [0.15, 0.2) is 18.3 Å². The molecule has 1 aromatic carbocycles. The van der Waals surface area contributed by atoms with Crippen LogP contribution in [0.2, 0.25) is 0 Å². The van der Waals surface area contributed by atoms with Crippen LogP contribution in [0.3, 0.4) is 0 Å². The molecule has 28 heavy (non-hydrogen) atoms. The van der Waals surface area contributed by atoms with Crippen LogP contribution >= 0.6 is 0 Å². The Labute approximate surface area is 165 Å². The second-order valence-corrected chi connectivity index (χ2v) is 7.65. The predicted molar refractivity (Wildman–Crippen MR) is 109 cm³/mol. The van der Waals surface area contributed by atoms with Gasteiger partial charge < -0.3 is 20.3 Å². The van der Waals surface area contributed by atoms with E-state index >= 15 is 0 Å². The molecule has 0 saturated heterocycles. The van der Waals surface area contributed by atoms with Gasteiger partial charge in [0, 0.05) is 23.5 Å². The van der Waals surface area contributed by atoms with Gasteiger partial charge in [-0.15, -0.1) is 0 Å². The van der Waals surface area contributed by atoms with Crippen LogP contribution in [-0.4, -0.2) is 28.2 Å². The Kier molecular flexibility index (Phi) is 5.20. The molecule has 1 aliphatic carbocycles. The van der Waals surface area contributed by atoms with Gasteiger partial charge in [-0.05, 0) is 55.4 Å². The van der Waals surface area contributed by atoms with E-state index in [4.69, 9.17) is 4.65 Å². The lowest BCUT2D eigenvalue weighted by Crippen LogP contribution is -2.32. The fourth-order valence-corrected chi connectivity index (χ4v) is 4.08. The molecular weight excluding hydrogens is 353 g/mol. The molecule has 7 nitrogen and oxygen atoms in total. The Bertz CT molecular complexity index is 930. The molecule has 2 atom stereocenters.